The summed E-state index contributed by atoms with van der Waals surface area (Å²) >= 11 is 0. The van der Waals surface area contributed by atoms with Crippen LogP contribution in [0.15, 0.2) is 45.6 Å². The van der Waals surface area contributed by atoms with Crippen molar-refractivity contribution in [2.75, 3.05) is 20.1 Å². The van der Waals surface area contributed by atoms with E-state index in [1.54, 1.807) is 36.2 Å². The zero-order valence-electron chi connectivity index (χ0n) is 19.7. The smallest absolute Gasteiger partial charge is 0.490 e. The van der Waals surface area contributed by atoms with Gasteiger partial charge in [-0.2, -0.15) is 18.4 Å². The number of alkyl halides is 3. The van der Waals surface area contributed by atoms with Crippen LogP contribution in [0.2, 0.25) is 0 Å². The second kappa shape index (κ2) is 9.45. The number of aromatic nitrogens is 4. The summed E-state index contributed by atoms with van der Waals surface area (Å²) in [5, 5.41) is 34.6. The Bertz CT molecular complexity index is 1550. The summed E-state index contributed by atoms with van der Waals surface area (Å²) < 4.78 is 49.8. The number of H-pyrrole nitrogens is 1. The first-order valence-electron chi connectivity index (χ1n) is 11.4. The van der Waals surface area contributed by atoms with Crippen LogP contribution in [0, 0.1) is 0 Å². The third kappa shape index (κ3) is 4.65. The number of hydrogen-bond acceptors (Lipinski definition) is 10. The molecule has 0 saturated carbocycles. The lowest BCUT2D eigenvalue weighted by molar-refractivity contribution is -0.207. The molecule has 3 N–H and O–H groups in total. The van der Waals surface area contributed by atoms with Crippen LogP contribution in [-0.4, -0.2) is 74.1 Å². The third-order valence-corrected chi connectivity index (χ3v) is 6.39. The number of likely N-dealkylation sites (N-methyl/N-ethyl adjacent to an activating group) is 1. The molecule has 14 heteroatoms. The van der Waals surface area contributed by atoms with Crippen LogP contribution in [0.3, 0.4) is 0 Å². The normalized spacial score (nSPS) is 18.5. The van der Waals surface area contributed by atoms with Gasteiger partial charge in [0.15, 0.2) is 5.43 Å². The van der Waals surface area contributed by atoms with Crippen LogP contribution in [0.1, 0.15) is 17.9 Å². The molecule has 1 aliphatic heterocycles. The van der Waals surface area contributed by atoms with Crippen molar-refractivity contribution in [1.82, 2.24) is 25.5 Å². The maximum absolute atomic E-state index is 13.1. The number of aromatic amines is 1. The Labute approximate surface area is 211 Å². The maximum Gasteiger partial charge on any atom is 0.490 e. The van der Waals surface area contributed by atoms with E-state index in [0.29, 0.717) is 23.5 Å². The number of carbonyl (C=O) groups is 1. The number of ether oxygens (including phenoxy) is 1. The maximum atomic E-state index is 13.1. The molecule has 198 valence electrons. The summed E-state index contributed by atoms with van der Waals surface area (Å²) in [5.74, 6) is -3.98. The van der Waals surface area contributed by atoms with Crippen molar-refractivity contribution >= 4 is 16.9 Å². The number of phenols is 2. The van der Waals surface area contributed by atoms with Crippen LogP contribution in [-0.2, 0) is 9.53 Å². The SMILES string of the molecule is CN1CC[C@H](c2c(O)cc(O)c3c(=O)cc(-c4ccc(-c5nn[nH]n5)cc4)oc23)[C@H](OC(=O)C(F)(F)F)C1. The molecule has 1 fully saturated rings. The second-order valence-electron chi connectivity index (χ2n) is 8.92. The zero-order chi connectivity index (χ0) is 27.2. The van der Waals surface area contributed by atoms with E-state index in [4.69, 9.17) is 9.15 Å². The highest BCUT2D eigenvalue weighted by molar-refractivity contribution is 5.90. The molecule has 2 aromatic carbocycles. The number of nitrogens with one attached hydrogen (secondary N) is 1. The van der Waals surface area contributed by atoms with Gasteiger partial charge in [0.25, 0.3) is 0 Å². The van der Waals surface area contributed by atoms with Gasteiger partial charge in [-0.1, -0.05) is 24.3 Å². The first-order valence-corrected chi connectivity index (χ1v) is 11.4. The number of likely N-dealkylation sites (tertiary alicyclic amines) is 1. The van der Waals surface area contributed by atoms with E-state index in [0.717, 1.165) is 12.1 Å². The average Bonchev–Trinajstić information content (AvgIpc) is 3.39. The molecule has 5 rings (SSSR count). The van der Waals surface area contributed by atoms with Gasteiger partial charge in [0.2, 0.25) is 5.82 Å². The lowest BCUT2D eigenvalue weighted by atomic mass is 9.85. The van der Waals surface area contributed by atoms with E-state index >= 15 is 0 Å². The monoisotopic (exact) mass is 531 g/mol. The van der Waals surface area contributed by atoms with Gasteiger partial charge in [-0.15, -0.1) is 10.2 Å². The highest BCUT2D eigenvalue weighted by Gasteiger charge is 2.45. The van der Waals surface area contributed by atoms with Crippen molar-refractivity contribution in [3.05, 3.63) is 52.2 Å². The molecule has 38 heavy (non-hydrogen) atoms. The van der Waals surface area contributed by atoms with Gasteiger partial charge in [0.1, 0.15) is 34.3 Å². The van der Waals surface area contributed by atoms with Gasteiger partial charge < -0.3 is 24.3 Å². The molecule has 0 radical (unpaired) electrons. The summed E-state index contributed by atoms with van der Waals surface area (Å²) in [4.78, 5) is 26.4. The quantitative estimate of drug-likeness (QED) is 0.335. The molecule has 0 amide bonds. The number of esters is 1. The number of aromatic hydroxyl groups is 2. The fraction of sp³-hybridized carbons (Fsp3) is 0.292. The van der Waals surface area contributed by atoms with E-state index in [1.165, 1.54) is 0 Å². The van der Waals surface area contributed by atoms with E-state index < -0.39 is 41.1 Å². The van der Waals surface area contributed by atoms with Gasteiger partial charge >= 0.3 is 12.1 Å². The molecule has 0 aliphatic carbocycles. The number of fused-ring (bicyclic) bond motifs is 1. The van der Waals surface area contributed by atoms with Crippen LogP contribution in [0.5, 0.6) is 11.5 Å². The number of benzene rings is 2. The number of piperidine rings is 1. The molecular weight excluding hydrogens is 511 g/mol. The fourth-order valence-electron chi connectivity index (χ4n) is 4.61. The standard InChI is InChI=1S/C24H20F3N5O6/c1-32-7-6-13(18(10-32)38-23(36)24(25,26)27)19-14(33)8-15(34)20-16(35)9-17(37-21(19)20)11-2-4-12(5-3-11)22-28-30-31-29-22/h2-5,8-9,13,18,33-34H,6-7,10H2,1H3,(H,28,29,30,31)/t13-,18+/m0/s1. The molecular formula is C24H20F3N5O6. The number of tetrazole rings is 1. The van der Waals surface area contributed by atoms with E-state index in [2.05, 4.69) is 20.6 Å². The lowest BCUT2D eigenvalue weighted by Crippen LogP contribution is -2.45. The van der Waals surface area contributed by atoms with E-state index in [-0.39, 0.29) is 35.3 Å². The van der Waals surface area contributed by atoms with Gasteiger partial charge in [-0.3, -0.25) is 4.79 Å². The molecule has 2 atom stereocenters. The largest absolute Gasteiger partial charge is 0.507 e. The number of halogens is 3. The van der Waals surface area contributed by atoms with Crippen molar-refractivity contribution in [1.29, 1.82) is 0 Å². The van der Waals surface area contributed by atoms with Crippen LogP contribution >= 0.6 is 0 Å². The Hall–Kier alpha value is -4.46. The Kier molecular flexibility index (Phi) is 6.26. The molecule has 1 aliphatic rings. The van der Waals surface area contributed by atoms with Crippen molar-refractivity contribution < 1.29 is 37.3 Å². The summed E-state index contributed by atoms with van der Waals surface area (Å²) in [6, 6.07) is 8.66. The molecule has 3 heterocycles. The molecule has 0 unspecified atom stereocenters. The van der Waals surface area contributed by atoms with Gasteiger partial charge in [-0.05, 0) is 25.2 Å². The molecule has 4 aromatic rings. The summed E-state index contributed by atoms with van der Waals surface area (Å²) in [5.41, 5.74) is 0.192. The third-order valence-electron chi connectivity index (χ3n) is 6.39. The van der Waals surface area contributed by atoms with E-state index in [9.17, 15) is 33.0 Å². The molecule has 1 saturated heterocycles. The van der Waals surface area contributed by atoms with Crippen molar-refractivity contribution in [2.45, 2.75) is 24.6 Å². The lowest BCUT2D eigenvalue weighted by Gasteiger charge is -2.36. The minimum Gasteiger partial charge on any atom is -0.507 e. The topological polar surface area (TPSA) is 155 Å². The van der Waals surface area contributed by atoms with Crippen LogP contribution in [0.25, 0.3) is 33.7 Å². The Balaban J connectivity index is 1.62. The zero-order valence-corrected chi connectivity index (χ0v) is 19.7. The highest BCUT2D eigenvalue weighted by Crippen LogP contribution is 2.43. The summed E-state index contributed by atoms with van der Waals surface area (Å²) in [7, 11) is 1.65. The van der Waals surface area contributed by atoms with Gasteiger partial charge in [-0.25, -0.2) is 4.79 Å². The first-order chi connectivity index (χ1) is 18.0. The molecule has 2 aromatic heterocycles. The summed E-state index contributed by atoms with van der Waals surface area (Å²) in [6.07, 6.45) is -6.36. The van der Waals surface area contributed by atoms with Crippen molar-refractivity contribution in [2.24, 2.45) is 0 Å². The Morgan fingerprint density at radius 3 is 2.53 bits per heavy atom. The minimum absolute atomic E-state index is 0.0340. The molecule has 11 nitrogen and oxygen atoms in total. The number of rotatable bonds is 4. The molecule has 0 bridgehead atoms. The number of nitrogens with zero attached hydrogens (tertiary/aromatic N) is 4. The predicted octanol–water partition coefficient (Wildman–Crippen LogP) is 2.94. The highest BCUT2D eigenvalue weighted by atomic mass is 19.4. The number of hydrogen-bond donors (Lipinski definition) is 3. The van der Waals surface area contributed by atoms with Gasteiger partial charge in [0.05, 0.1) is 0 Å². The molecule has 0 spiro atoms. The first kappa shape index (κ1) is 25.2. The minimum atomic E-state index is -5.22. The summed E-state index contributed by atoms with van der Waals surface area (Å²) in [6.45, 7) is 0.337. The Morgan fingerprint density at radius 2 is 1.87 bits per heavy atom. The Morgan fingerprint density at radius 1 is 1.16 bits per heavy atom. The van der Waals surface area contributed by atoms with Crippen molar-refractivity contribution in [3.63, 3.8) is 0 Å². The van der Waals surface area contributed by atoms with Crippen LogP contribution < -0.4 is 5.43 Å². The van der Waals surface area contributed by atoms with Gasteiger partial charge in [0, 0.05) is 41.3 Å². The second-order valence-corrected chi connectivity index (χ2v) is 8.92. The average molecular weight is 531 g/mol. The number of phenolic OH excluding ortho intramolecular Hbond substituents is 2. The van der Waals surface area contributed by atoms with E-state index in [1.807, 2.05) is 0 Å². The van der Waals surface area contributed by atoms with Crippen LogP contribution in [0.4, 0.5) is 13.2 Å². The predicted molar refractivity (Wildman–Crippen MR) is 125 cm³/mol. The number of carbonyl (C=O) groups excluding carboxylic acids is 1. The van der Waals surface area contributed by atoms with Crippen molar-refractivity contribution in [3.8, 4) is 34.2 Å². The fourth-order valence-corrected chi connectivity index (χ4v) is 4.61.